The topological polar surface area (TPSA) is 46.6 Å². The van der Waals surface area contributed by atoms with E-state index in [4.69, 9.17) is 4.74 Å². The van der Waals surface area contributed by atoms with Crippen LogP contribution in [0, 0.1) is 0 Å². The molecule has 146 valence electrons. The van der Waals surface area contributed by atoms with Crippen LogP contribution in [0.4, 0.5) is 14.5 Å². The van der Waals surface area contributed by atoms with Crippen LogP contribution in [-0.2, 0) is 6.54 Å². The largest absolute Gasteiger partial charge is 0.490 e. The third-order valence-electron chi connectivity index (χ3n) is 4.55. The van der Waals surface area contributed by atoms with Gasteiger partial charge in [0.15, 0.2) is 11.5 Å². The summed E-state index contributed by atoms with van der Waals surface area (Å²) in [5.41, 5.74) is 2.07. The van der Waals surface area contributed by atoms with Crippen LogP contribution < -0.4 is 14.8 Å². The fourth-order valence-electron chi connectivity index (χ4n) is 3.29. The minimum atomic E-state index is -2.86. The summed E-state index contributed by atoms with van der Waals surface area (Å²) in [6, 6.07) is 9.56. The van der Waals surface area contributed by atoms with E-state index in [0.717, 1.165) is 43.7 Å². The molecule has 1 saturated heterocycles. The Morgan fingerprint density at radius 1 is 1.22 bits per heavy atom. The van der Waals surface area contributed by atoms with Crippen molar-refractivity contribution in [3.8, 4) is 11.5 Å². The molecule has 1 aromatic heterocycles. The quantitative estimate of drug-likeness (QED) is 0.749. The summed E-state index contributed by atoms with van der Waals surface area (Å²) in [7, 11) is 0. The smallest absolute Gasteiger partial charge is 0.387 e. The van der Waals surface area contributed by atoms with Crippen LogP contribution in [0.3, 0.4) is 0 Å². The molecule has 1 fully saturated rings. The van der Waals surface area contributed by atoms with Crippen molar-refractivity contribution in [2.24, 2.45) is 0 Å². The van der Waals surface area contributed by atoms with Crippen molar-refractivity contribution < 1.29 is 18.3 Å². The fourth-order valence-corrected chi connectivity index (χ4v) is 3.29. The van der Waals surface area contributed by atoms with Crippen LogP contribution in [0.5, 0.6) is 11.5 Å². The number of halogens is 2. The molecular weight excluding hydrogens is 352 g/mol. The molecule has 0 unspecified atom stereocenters. The molecule has 0 saturated carbocycles. The number of benzene rings is 1. The highest BCUT2D eigenvalue weighted by atomic mass is 19.3. The predicted octanol–water partition coefficient (Wildman–Crippen LogP) is 4.16. The number of anilines is 1. The van der Waals surface area contributed by atoms with Crippen molar-refractivity contribution in [2.75, 3.05) is 25.0 Å². The monoisotopic (exact) mass is 377 g/mol. The van der Waals surface area contributed by atoms with Gasteiger partial charge < -0.3 is 14.8 Å². The lowest BCUT2D eigenvalue weighted by atomic mass is 10.0. The maximum Gasteiger partial charge on any atom is 0.387 e. The van der Waals surface area contributed by atoms with E-state index in [-0.39, 0.29) is 5.75 Å². The van der Waals surface area contributed by atoms with Crippen LogP contribution in [0.2, 0.25) is 0 Å². The summed E-state index contributed by atoms with van der Waals surface area (Å²) in [6.45, 7) is 2.05. The molecule has 0 spiro atoms. The van der Waals surface area contributed by atoms with Crippen molar-refractivity contribution in [3.05, 3.63) is 48.3 Å². The molecule has 2 heterocycles. The van der Waals surface area contributed by atoms with Gasteiger partial charge in [-0.2, -0.15) is 8.78 Å². The number of ether oxygens (including phenoxy) is 2. The molecule has 1 aliphatic heterocycles. The van der Waals surface area contributed by atoms with Gasteiger partial charge in [0.25, 0.3) is 0 Å². The average molecular weight is 377 g/mol. The molecule has 0 bridgehead atoms. The van der Waals surface area contributed by atoms with Crippen molar-refractivity contribution in [2.45, 2.75) is 39.0 Å². The molecule has 0 aliphatic carbocycles. The van der Waals surface area contributed by atoms with E-state index in [9.17, 15) is 8.78 Å². The van der Waals surface area contributed by atoms with Gasteiger partial charge in [0.05, 0.1) is 12.3 Å². The number of likely N-dealkylation sites (tertiary alicyclic amines) is 1. The highest BCUT2D eigenvalue weighted by Crippen LogP contribution is 2.30. The van der Waals surface area contributed by atoms with E-state index in [1.165, 1.54) is 0 Å². The highest BCUT2D eigenvalue weighted by Gasteiger charge is 2.20. The van der Waals surface area contributed by atoms with Gasteiger partial charge in [-0.3, -0.25) is 9.88 Å². The Morgan fingerprint density at radius 2 is 2.04 bits per heavy atom. The number of rotatable bonds is 8. The maximum absolute atomic E-state index is 12.5. The van der Waals surface area contributed by atoms with Crippen molar-refractivity contribution in [1.82, 2.24) is 9.88 Å². The van der Waals surface area contributed by atoms with Gasteiger partial charge in [-0.25, -0.2) is 0 Å². The molecule has 1 aromatic carbocycles. The lowest BCUT2D eigenvalue weighted by Crippen LogP contribution is -2.38. The van der Waals surface area contributed by atoms with Crippen LogP contribution in [-0.4, -0.2) is 42.2 Å². The number of nitrogens with zero attached hydrogens (tertiary/aromatic N) is 2. The second kappa shape index (κ2) is 9.50. The molecule has 1 N–H and O–H groups in total. The Hall–Kier alpha value is -2.41. The highest BCUT2D eigenvalue weighted by molar-refractivity contribution is 5.43. The molecular formula is C20H25F2N3O2. The summed E-state index contributed by atoms with van der Waals surface area (Å²) in [5, 5.41) is 3.52. The third kappa shape index (κ3) is 5.79. The Kier molecular flexibility index (Phi) is 6.81. The fraction of sp³-hybridized carbons (Fsp3) is 0.450. The first-order valence-corrected chi connectivity index (χ1v) is 9.23. The van der Waals surface area contributed by atoms with Crippen LogP contribution >= 0.6 is 0 Å². The minimum absolute atomic E-state index is 0.0787. The van der Waals surface area contributed by atoms with E-state index >= 15 is 0 Å². The van der Waals surface area contributed by atoms with Gasteiger partial charge in [0.2, 0.25) is 0 Å². The molecule has 27 heavy (non-hydrogen) atoms. The van der Waals surface area contributed by atoms with Crippen molar-refractivity contribution >= 4 is 5.69 Å². The van der Waals surface area contributed by atoms with E-state index in [0.29, 0.717) is 18.4 Å². The zero-order valence-electron chi connectivity index (χ0n) is 15.4. The molecule has 5 nitrogen and oxygen atoms in total. The lowest BCUT2D eigenvalue weighted by Gasteiger charge is -2.33. The van der Waals surface area contributed by atoms with Crippen LogP contribution in [0.25, 0.3) is 0 Å². The standard InChI is InChI=1S/C20H25F2N3O2/c1-2-26-19-12-15(5-6-18(19)27-20(21)22)14-25-10-7-16(8-11-25)24-17-4-3-9-23-13-17/h3-6,9,12-13,16,20,24H,2,7-8,10-11,14H2,1H3. The second-order valence-corrected chi connectivity index (χ2v) is 6.53. The second-order valence-electron chi connectivity index (χ2n) is 6.53. The SMILES string of the molecule is CCOc1cc(CN2CCC(Nc3cccnc3)CC2)ccc1OC(F)F. The Balaban J connectivity index is 1.54. The van der Waals surface area contributed by atoms with Gasteiger partial charge >= 0.3 is 6.61 Å². The number of hydrogen-bond acceptors (Lipinski definition) is 5. The molecule has 0 radical (unpaired) electrons. The number of hydrogen-bond donors (Lipinski definition) is 1. The van der Waals surface area contributed by atoms with E-state index < -0.39 is 6.61 Å². The Labute approximate surface area is 158 Å². The minimum Gasteiger partial charge on any atom is -0.490 e. The number of nitrogens with one attached hydrogen (secondary N) is 1. The molecule has 0 amide bonds. The maximum atomic E-state index is 12.5. The van der Waals surface area contributed by atoms with Gasteiger partial charge in [-0.15, -0.1) is 0 Å². The van der Waals surface area contributed by atoms with Crippen molar-refractivity contribution in [1.29, 1.82) is 0 Å². The third-order valence-corrected chi connectivity index (χ3v) is 4.55. The summed E-state index contributed by atoms with van der Waals surface area (Å²) < 4.78 is 35.0. The first kappa shape index (κ1) is 19.4. The summed E-state index contributed by atoms with van der Waals surface area (Å²) >= 11 is 0. The Morgan fingerprint density at radius 3 is 2.70 bits per heavy atom. The summed E-state index contributed by atoms with van der Waals surface area (Å²) in [4.78, 5) is 6.49. The van der Waals surface area contributed by atoms with E-state index in [1.54, 1.807) is 18.3 Å². The van der Waals surface area contributed by atoms with E-state index in [1.807, 2.05) is 31.3 Å². The van der Waals surface area contributed by atoms with Gasteiger partial charge in [-0.1, -0.05) is 6.07 Å². The number of alkyl halides is 2. The molecule has 7 heteroatoms. The van der Waals surface area contributed by atoms with Gasteiger partial charge in [-0.05, 0) is 49.6 Å². The lowest BCUT2D eigenvalue weighted by molar-refractivity contribution is -0.0514. The molecule has 0 atom stereocenters. The van der Waals surface area contributed by atoms with Crippen molar-refractivity contribution in [3.63, 3.8) is 0 Å². The average Bonchev–Trinajstić information content (AvgIpc) is 2.66. The van der Waals surface area contributed by atoms with E-state index in [2.05, 4.69) is 19.9 Å². The number of piperidine rings is 1. The van der Waals surface area contributed by atoms with Gasteiger partial charge in [0.1, 0.15) is 0 Å². The molecule has 2 aromatic rings. The normalized spacial score (nSPS) is 15.7. The summed E-state index contributed by atoms with van der Waals surface area (Å²) in [6.07, 6.45) is 5.69. The Bertz CT molecular complexity index is 708. The van der Waals surface area contributed by atoms with Gasteiger partial charge in [0, 0.05) is 38.1 Å². The number of aromatic nitrogens is 1. The predicted molar refractivity (Wildman–Crippen MR) is 100 cm³/mol. The van der Waals surface area contributed by atoms with Crippen LogP contribution in [0.15, 0.2) is 42.7 Å². The first-order valence-electron chi connectivity index (χ1n) is 9.23. The zero-order chi connectivity index (χ0) is 19.1. The van der Waals surface area contributed by atoms with Crippen LogP contribution in [0.1, 0.15) is 25.3 Å². The first-order chi connectivity index (χ1) is 13.1. The molecule has 3 rings (SSSR count). The zero-order valence-corrected chi connectivity index (χ0v) is 15.4. The number of pyridine rings is 1. The molecule has 1 aliphatic rings. The summed E-state index contributed by atoms with van der Waals surface area (Å²) in [5.74, 6) is 0.443.